The summed E-state index contributed by atoms with van der Waals surface area (Å²) < 4.78 is 88.8. The van der Waals surface area contributed by atoms with Crippen LogP contribution in [0.25, 0.3) is 0 Å². The van der Waals surface area contributed by atoms with Crippen molar-refractivity contribution in [3.05, 3.63) is 24.3 Å². The van der Waals surface area contributed by atoms with Crippen LogP contribution in [0, 0.1) is 43.3 Å². The van der Waals surface area contributed by atoms with Crippen LogP contribution in [0.2, 0.25) is 0 Å². The summed E-state index contributed by atoms with van der Waals surface area (Å²) in [6.07, 6.45) is 7.40. The molecule has 0 N–H and O–H groups in total. The summed E-state index contributed by atoms with van der Waals surface area (Å²) in [5.41, 5.74) is -7.70. The predicted molar refractivity (Wildman–Crippen MR) is 207 cm³/mol. The van der Waals surface area contributed by atoms with Crippen molar-refractivity contribution in [1.29, 1.82) is 0 Å². The minimum atomic E-state index is -1.14. The first-order valence-corrected chi connectivity index (χ1v) is 26.9. The maximum Gasteiger partial charge on any atom is 0.325 e. The third-order valence-electron chi connectivity index (χ3n) is 17.6. The molecule has 0 spiro atoms. The summed E-state index contributed by atoms with van der Waals surface area (Å²) in [7, 11) is -4.49. The number of cyclic esters (lactones) is 8. The minimum Gasteiger partial charge on any atom is -0.392 e. The van der Waals surface area contributed by atoms with Gasteiger partial charge in [0.2, 0.25) is 0 Å². The Morgan fingerprint density at radius 1 is 0.312 bits per heavy atom. The van der Waals surface area contributed by atoms with Crippen LogP contribution in [0.5, 0.6) is 0 Å². The van der Waals surface area contributed by atoms with Gasteiger partial charge >= 0.3 is 47.8 Å². The van der Waals surface area contributed by atoms with Crippen LogP contribution in [0.4, 0.5) is 0 Å². The molecule has 14 saturated heterocycles. The summed E-state index contributed by atoms with van der Waals surface area (Å²) >= 11 is 0. The Balaban J connectivity index is 0.0000000860. The number of carbonyl (C=O) groups excluding carboxylic acids is 8. The van der Waals surface area contributed by atoms with Crippen LogP contribution in [0.1, 0.15) is 25.7 Å². The van der Waals surface area contributed by atoms with E-state index in [1.54, 1.807) is 24.3 Å². The van der Waals surface area contributed by atoms with E-state index in [0.717, 1.165) is 25.7 Å². The highest BCUT2D eigenvalue weighted by Gasteiger charge is 2.87. The largest absolute Gasteiger partial charge is 0.392 e. The van der Waals surface area contributed by atoms with Gasteiger partial charge in [-0.15, -0.1) is 0 Å². The zero-order valence-corrected chi connectivity index (χ0v) is 36.5. The van der Waals surface area contributed by atoms with Crippen molar-refractivity contribution >= 4 is 91.0 Å². The van der Waals surface area contributed by atoms with Crippen molar-refractivity contribution in [3.8, 4) is 0 Å². The van der Waals surface area contributed by atoms with Crippen molar-refractivity contribution in [2.45, 2.75) is 74.5 Å². The first kappa shape index (κ1) is 40.7. The van der Waals surface area contributed by atoms with Crippen molar-refractivity contribution in [3.63, 3.8) is 0 Å². The molecule has 16 atom stereocenters. The normalized spacial score (nSPS) is 57.1. The fourth-order valence-corrected chi connectivity index (χ4v) is 23.7. The Morgan fingerprint density at radius 3 is 0.719 bits per heavy atom. The molecule has 0 radical (unpaired) electrons. The zero-order valence-electron chi connectivity index (χ0n) is 33.2. The first-order valence-electron chi connectivity index (χ1n) is 20.9. The molecule has 20 nitrogen and oxygen atoms in total. The lowest BCUT2D eigenvalue weighted by Gasteiger charge is -2.32. The van der Waals surface area contributed by atoms with Gasteiger partial charge in [-0.3, -0.25) is 55.2 Å². The van der Waals surface area contributed by atoms with Gasteiger partial charge in [0.05, 0.1) is 48.8 Å². The molecule has 0 aromatic rings. The van der Waals surface area contributed by atoms with E-state index < -0.39 is 159 Å². The third-order valence-corrected chi connectivity index (χ3v) is 23.9. The van der Waals surface area contributed by atoms with Gasteiger partial charge in [0.15, 0.2) is 0 Å². The van der Waals surface area contributed by atoms with Gasteiger partial charge in [-0.2, -0.15) is 0 Å². The fourth-order valence-electron chi connectivity index (χ4n) is 14.9. The molecule has 0 aromatic heterocycles. The molecule has 8 bridgehead atoms. The smallest absolute Gasteiger partial charge is 0.325 e. The molecule has 14 fully saturated rings. The topological polar surface area (TPSA) is 279 Å². The maximum atomic E-state index is 11.9. The van der Waals surface area contributed by atoms with Crippen LogP contribution in [-0.2, 0) is 119 Å². The average Bonchev–Trinajstić information content (AvgIpc) is 4.07. The number of esters is 8. The monoisotopic (exact) mass is 964 g/mol. The molecular formula is C40H36O20S4. The summed E-state index contributed by atoms with van der Waals surface area (Å²) in [6, 6.07) is 0. The fraction of sp³-hybridized carbons (Fsp3) is 0.700. The van der Waals surface area contributed by atoms with Crippen LogP contribution >= 0.6 is 0 Å². The number of rotatable bonds is 0. The summed E-state index contributed by atoms with van der Waals surface area (Å²) in [4.78, 5) is 95.4. The van der Waals surface area contributed by atoms with E-state index in [2.05, 4.69) is 0 Å². The van der Waals surface area contributed by atoms with E-state index in [1.165, 1.54) is 0 Å². The Bertz CT molecular complexity index is 2280. The lowest BCUT2D eigenvalue weighted by Crippen LogP contribution is -2.51. The van der Waals surface area contributed by atoms with Gasteiger partial charge in [0.25, 0.3) is 0 Å². The standard InChI is InChI=1S/2C10H10O5S.2C10H8O5S/c4*11-7-9-3-16(13)4-10(9,8(12)15-7)6-2-1-5(9)14-6/h2*5-6H,1-4H2;2*1-2,5-6H,3-4H2. The van der Waals surface area contributed by atoms with E-state index in [4.69, 9.17) is 37.9 Å². The molecule has 16 heterocycles. The molecule has 16 aliphatic heterocycles. The highest BCUT2D eigenvalue weighted by molar-refractivity contribution is 7.86. The van der Waals surface area contributed by atoms with Crippen LogP contribution in [0.15, 0.2) is 24.3 Å². The number of ether oxygens (including phenoxy) is 8. The van der Waals surface area contributed by atoms with Gasteiger partial charge in [0.1, 0.15) is 43.3 Å². The highest BCUT2D eigenvalue weighted by Crippen LogP contribution is 2.70. The molecule has 0 aliphatic carbocycles. The van der Waals surface area contributed by atoms with Gasteiger partial charge in [-0.1, -0.05) is 24.3 Å². The number of carbonyl (C=O) groups is 8. The van der Waals surface area contributed by atoms with Gasteiger partial charge in [0, 0.05) is 89.2 Å². The Morgan fingerprint density at radius 2 is 0.500 bits per heavy atom. The van der Waals surface area contributed by atoms with Crippen LogP contribution in [0.3, 0.4) is 0 Å². The zero-order chi connectivity index (χ0) is 44.5. The molecule has 16 aliphatic rings. The molecule has 16 rings (SSSR count). The molecule has 16 unspecified atom stereocenters. The summed E-state index contributed by atoms with van der Waals surface area (Å²) in [5, 5.41) is 0. The number of hydrogen-bond acceptors (Lipinski definition) is 20. The quantitative estimate of drug-likeness (QED) is 0.101. The van der Waals surface area contributed by atoms with Crippen molar-refractivity contribution in [2.75, 3.05) is 46.0 Å². The van der Waals surface area contributed by atoms with Crippen molar-refractivity contribution < 1.29 is 93.1 Å². The van der Waals surface area contributed by atoms with E-state index in [1.807, 2.05) is 0 Å². The Labute approximate surface area is 370 Å². The lowest BCUT2D eigenvalue weighted by molar-refractivity contribution is -0.161. The maximum absolute atomic E-state index is 11.9. The van der Waals surface area contributed by atoms with E-state index in [-0.39, 0.29) is 70.4 Å². The van der Waals surface area contributed by atoms with Gasteiger partial charge < -0.3 is 37.9 Å². The van der Waals surface area contributed by atoms with Crippen molar-refractivity contribution in [2.24, 2.45) is 43.3 Å². The predicted octanol–water partition coefficient (Wildman–Crippen LogP) is -2.98. The molecule has 0 saturated carbocycles. The molecule has 24 heteroatoms. The highest BCUT2D eigenvalue weighted by atomic mass is 32.2. The summed E-state index contributed by atoms with van der Waals surface area (Å²) in [6.45, 7) is 0. The van der Waals surface area contributed by atoms with E-state index >= 15 is 0 Å². The van der Waals surface area contributed by atoms with Gasteiger partial charge in [-0.05, 0) is 25.7 Å². The molecule has 340 valence electrons. The number of hydrogen-bond donors (Lipinski definition) is 0. The number of fused-ring (bicyclic) bond motifs is 8. The first-order chi connectivity index (χ1) is 30.4. The second-order valence-corrected chi connectivity index (χ2v) is 25.3. The van der Waals surface area contributed by atoms with E-state index in [9.17, 15) is 55.2 Å². The SMILES string of the molecule is O=C1OC(=O)C23CS(=O)CC12C1C=CC3O1.O=C1OC(=O)C23CS(=O)CC12C1C=CC3O1.O=C1OC(=O)C23CS(=O)CC12C1CCC3O1.O=C1OC(=O)C23CS(=O)CC12C1CCC3O1. The Hall–Kier alpha value is -3.52. The molecule has 0 aromatic carbocycles. The Kier molecular flexibility index (Phi) is 7.84. The molecule has 0 amide bonds. The van der Waals surface area contributed by atoms with Gasteiger partial charge in [-0.25, -0.2) is 0 Å². The van der Waals surface area contributed by atoms with Crippen LogP contribution in [-0.4, -0.2) is 159 Å². The lowest BCUT2D eigenvalue weighted by atomic mass is 9.59. The van der Waals surface area contributed by atoms with Crippen molar-refractivity contribution in [1.82, 2.24) is 0 Å². The molecular weight excluding hydrogens is 929 g/mol. The van der Waals surface area contributed by atoms with E-state index in [0.29, 0.717) is 0 Å². The molecule has 64 heavy (non-hydrogen) atoms. The summed E-state index contributed by atoms with van der Waals surface area (Å²) in [5.74, 6) is -2.56. The third kappa shape index (κ3) is 3.97. The second-order valence-electron chi connectivity index (χ2n) is 19.5. The second kappa shape index (κ2) is 12.3. The van der Waals surface area contributed by atoms with Crippen LogP contribution < -0.4 is 0 Å². The average molecular weight is 965 g/mol. The minimum absolute atomic E-state index is 0.184.